The number of nitrogens with zero attached hydrogens (tertiary/aromatic N) is 5. The van der Waals surface area contributed by atoms with Crippen molar-refractivity contribution in [1.82, 2.24) is 34.8 Å². The van der Waals surface area contributed by atoms with Gasteiger partial charge in [0.05, 0.1) is 11.7 Å². The van der Waals surface area contributed by atoms with E-state index in [4.69, 9.17) is 4.74 Å². The highest BCUT2D eigenvalue weighted by molar-refractivity contribution is 5.75. The minimum atomic E-state index is 0.0275. The van der Waals surface area contributed by atoms with Crippen LogP contribution in [-0.4, -0.2) is 68.3 Å². The van der Waals surface area contributed by atoms with Gasteiger partial charge in [-0.3, -0.25) is 4.40 Å². The number of ether oxygens (including phenoxy) is 1. The number of amides is 2. The third kappa shape index (κ3) is 3.33. The van der Waals surface area contributed by atoms with E-state index in [1.807, 2.05) is 17.2 Å². The fourth-order valence-electron chi connectivity index (χ4n) is 4.68. The zero-order valence-corrected chi connectivity index (χ0v) is 16.7. The third-order valence-corrected chi connectivity index (χ3v) is 6.43. The number of nitrogens with one attached hydrogen (secondary N) is 2. The lowest BCUT2D eigenvalue weighted by atomic mass is 9.93. The van der Waals surface area contributed by atoms with E-state index in [9.17, 15) is 4.79 Å². The van der Waals surface area contributed by atoms with Crippen molar-refractivity contribution in [1.29, 1.82) is 0 Å². The Morgan fingerprint density at radius 3 is 3.00 bits per heavy atom. The molecule has 154 valence electrons. The molecule has 0 aromatic carbocycles. The molecule has 2 aliphatic heterocycles. The quantitative estimate of drug-likeness (QED) is 0.703. The molecule has 2 aliphatic rings. The van der Waals surface area contributed by atoms with Gasteiger partial charge in [-0.15, -0.1) is 10.2 Å². The minimum Gasteiger partial charge on any atom is -0.381 e. The molecule has 2 amide bonds. The molecule has 0 bridgehead atoms. The number of aromatic amines is 1. The summed E-state index contributed by atoms with van der Waals surface area (Å²) in [5, 5.41) is 12.0. The number of likely N-dealkylation sites (tertiary alicyclic amines) is 1. The summed E-state index contributed by atoms with van der Waals surface area (Å²) in [4.78, 5) is 22.3. The third-order valence-electron chi connectivity index (χ3n) is 6.43. The van der Waals surface area contributed by atoms with Gasteiger partial charge in [0.15, 0.2) is 11.3 Å². The van der Waals surface area contributed by atoms with Crippen LogP contribution in [0.1, 0.15) is 37.9 Å². The van der Waals surface area contributed by atoms with Crippen LogP contribution in [0.3, 0.4) is 0 Å². The van der Waals surface area contributed by atoms with Crippen molar-refractivity contribution < 1.29 is 9.53 Å². The number of carbonyl (C=O) groups is 1. The van der Waals surface area contributed by atoms with Crippen LogP contribution in [0.15, 0.2) is 18.5 Å². The van der Waals surface area contributed by atoms with Gasteiger partial charge in [0.25, 0.3) is 0 Å². The first-order valence-corrected chi connectivity index (χ1v) is 10.5. The molecular weight excluding hydrogens is 370 g/mol. The molecule has 0 saturated carbocycles. The summed E-state index contributed by atoms with van der Waals surface area (Å²) in [6, 6.07) is 2.02. The average molecular weight is 397 g/mol. The standard InChI is InChI=1S/C20H27N7O2/c1-2-14-11-26(20(28)23-9-13-4-7-29-8-5-13)12-15(14)19-25-24-17-10-22-18-16(27(17)19)3-6-21-18/h3,6,10,13-15,21H,2,4-5,7-9,11-12H2,1H3,(H,23,28). The van der Waals surface area contributed by atoms with Crippen molar-refractivity contribution in [3.63, 3.8) is 0 Å². The minimum absolute atomic E-state index is 0.0275. The molecular formula is C20H27N7O2. The Labute approximate surface area is 168 Å². The number of aromatic nitrogens is 5. The summed E-state index contributed by atoms with van der Waals surface area (Å²) in [7, 11) is 0. The van der Waals surface area contributed by atoms with Gasteiger partial charge in [0, 0.05) is 45.0 Å². The molecule has 2 fully saturated rings. The number of fused-ring (bicyclic) bond motifs is 3. The summed E-state index contributed by atoms with van der Waals surface area (Å²) >= 11 is 0. The number of hydrogen-bond acceptors (Lipinski definition) is 5. The van der Waals surface area contributed by atoms with Gasteiger partial charge in [-0.25, -0.2) is 9.78 Å². The molecule has 2 N–H and O–H groups in total. The molecule has 2 saturated heterocycles. The molecule has 0 spiro atoms. The maximum atomic E-state index is 12.8. The lowest BCUT2D eigenvalue weighted by molar-refractivity contribution is 0.0665. The SMILES string of the molecule is CCC1CN(C(=O)NCC2CCOCC2)CC1c1nnc2cnc3[nH]ccc3n12. The highest BCUT2D eigenvalue weighted by Gasteiger charge is 2.38. The van der Waals surface area contributed by atoms with Gasteiger partial charge in [-0.05, 0) is 30.7 Å². The Morgan fingerprint density at radius 2 is 2.17 bits per heavy atom. The predicted molar refractivity (Wildman–Crippen MR) is 108 cm³/mol. The predicted octanol–water partition coefficient (Wildman–Crippen LogP) is 2.17. The number of H-pyrrole nitrogens is 1. The molecule has 9 heteroatoms. The van der Waals surface area contributed by atoms with Crippen LogP contribution in [0.25, 0.3) is 16.8 Å². The molecule has 5 heterocycles. The fourth-order valence-corrected chi connectivity index (χ4v) is 4.68. The Balaban J connectivity index is 1.35. The first kappa shape index (κ1) is 18.4. The van der Waals surface area contributed by atoms with Crippen LogP contribution in [0.2, 0.25) is 0 Å². The van der Waals surface area contributed by atoms with E-state index in [0.717, 1.165) is 68.2 Å². The van der Waals surface area contributed by atoms with E-state index in [-0.39, 0.29) is 11.9 Å². The van der Waals surface area contributed by atoms with Crippen LogP contribution < -0.4 is 5.32 Å². The van der Waals surface area contributed by atoms with Crippen molar-refractivity contribution in [3.05, 3.63) is 24.3 Å². The van der Waals surface area contributed by atoms with Gasteiger partial charge in [-0.1, -0.05) is 13.3 Å². The molecule has 29 heavy (non-hydrogen) atoms. The van der Waals surface area contributed by atoms with Crippen LogP contribution >= 0.6 is 0 Å². The van der Waals surface area contributed by atoms with Crippen LogP contribution in [0.5, 0.6) is 0 Å². The zero-order chi connectivity index (χ0) is 19.8. The molecule has 0 aliphatic carbocycles. The maximum absolute atomic E-state index is 12.8. The van der Waals surface area contributed by atoms with Gasteiger partial charge in [0.1, 0.15) is 5.82 Å². The smallest absolute Gasteiger partial charge is 0.317 e. The molecule has 3 aromatic heterocycles. The molecule has 2 unspecified atom stereocenters. The van der Waals surface area contributed by atoms with Crippen molar-refractivity contribution in [2.75, 3.05) is 32.8 Å². The van der Waals surface area contributed by atoms with E-state index >= 15 is 0 Å². The first-order chi connectivity index (χ1) is 14.2. The van der Waals surface area contributed by atoms with Crippen molar-refractivity contribution in [2.45, 2.75) is 32.1 Å². The lowest BCUT2D eigenvalue weighted by Crippen LogP contribution is -2.41. The summed E-state index contributed by atoms with van der Waals surface area (Å²) < 4.78 is 7.48. The van der Waals surface area contributed by atoms with Crippen molar-refractivity contribution >= 4 is 22.8 Å². The van der Waals surface area contributed by atoms with Crippen LogP contribution in [0, 0.1) is 11.8 Å². The second-order valence-electron chi connectivity index (χ2n) is 8.14. The van der Waals surface area contributed by atoms with E-state index in [0.29, 0.717) is 18.4 Å². The molecule has 0 radical (unpaired) electrons. The van der Waals surface area contributed by atoms with Gasteiger partial charge < -0.3 is 19.9 Å². The van der Waals surface area contributed by atoms with Crippen molar-refractivity contribution in [3.8, 4) is 0 Å². The summed E-state index contributed by atoms with van der Waals surface area (Å²) in [6.07, 6.45) is 6.65. The fraction of sp³-hybridized carbons (Fsp3) is 0.600. The zero-order valence-electron chi connectivity index (χ0n) is 16.7. The van der Waals surface area contributed by atoms with Gasteiger partial charge in [0.2, 0.25) is 0 Å². The highest BCUT2D eigenvalue weighted by Crippen LogP contribution is 2.34. The first-order valence-electron chi connectivity index (χ1n) is 10.5. The second kappa shape index (κ2) is 7.62. The van der Waals surface area contributed by atoms with Gasteiger partial charge >= 0.3 is 6.03 Å². The summed E-state index contributed by atoms with van der Waals surface area (Å²) in [5.74, 6) is 1.95. The molecule has 2 atom stereocenters. The molecule has 3 aromatic rings. The normalized spacial score (nSPS) is 23.3. The average Bonchev–Trinajstić information content (AvgIpc) is 3.48. The number of urea groups is 1. The Kier molecular flexibility index (Phi) is 4.83. The number of hydrogen-bond donors (Lipinski definition) is 2. The number of carbonyl (C=O) groups excluding carboxylic acids is 1. The Bertz CT molecular complexity index is 1010. The lowest BCUT2D eigenvalue weighted by Gasteiger charge is -2.24. The van der Waals surface area contributed by atoms with Crippen LogP contribution in [-0.2, 0) is 4.74 Å². The van der Waals surface area contributed by atoms with Crippen LogP contribution in [0.4, 0.5) is 4.79 Å². The Hall–Kier alpha value is -2.68. The maximum Gasteiger partial charge on any atom is 0.317 e. The van der Waals surface area contributed by atoms with Crippen molar-refractivity contribution in [2.24, 2.45) is 11.8 Å². The molecule has 9 nitrogen and oxygen atoms in total. The largest absolute Gasteiger partial charge is 0.381 e. The summed E-state index contributed by atoms with van der Waals surface area (Å²) in [5.41, 5.74) is 2.53. The molecule has 5 rings (SSSR count). The van der Waals surface area contributed by atoms with E-state index in [2.05, 4.69) is 36.8 Å². The van der Waals surface area contributed by atoms with Gasteiger partial charge in [-0.2, -0.15) is 0 Å². The highest BCUT2D eigenvalue weighted by atomic mass is 16.5. The van der Waals surface area contributed by atoms with E-state index < -0.39 is 0 Å². The number of rotatable bonds is 4. The summed E-state index contributed by atoms with van der Waals surface area (Å²) in [6.45, 7) is 5.91. The topological polar surface area (TPSA) is 100 Å². The Morgan fingerprint density at radius 1 is 1.31 bits per heavy atom. The second-order valence-corrected chi connectivity index (χ2v) is 8.14. The van der Waals surface area contributed by atoms with E-state index in [1.165, 1.54) is 0 Å². The van der Waals surface area contributed by atoms with E-state index in [1.54, 1.807) is 6.20 Å². The monoisotopic (exact) mass is 397 g/mol.